The van der Waals surface area contributed by atoms with Crippen molar-refractivity contribution in [2.75, 3.05) is 13.6 Å². The van der Waals surface area contributed by atoms with Crippen molar-refractivity contribution in [3.63, 3.8) is 0 Å². The molecule has 0 aromatic rings. The summed E-state index contributed by atoms with van der Waals surface area (Å²) >= 11 is 0. The van der Waals surface area contributed by atoms with Gasteiger partial charge in [-0.25, -0.2) is 0 Å². The van der Waals surface area contributed by atoms with Crippen LogP contribution in [0.25, 0.3) is 0 Å². The summed E-state index contributed by atoms with van der Waals surface area (Å²) in [7, 11) is 2.32. The van der Waals surface area contributed by atoms with E-state index in [1.807, 2.05) is 13.8 Å². The van der Waals surface area contributed by atoms with Crippen LogP contribution < -0.4 is 5.32 Å². The third-order valence-electron chi connectivity index (χ3n) is 4.41. The number of unbranched alkanes of at least 4 members (excludes halogenated alkanes) is 4. The van der Waals surface area contributed by atoms with E-state index < -0.39 is 0 Å². The third-order valence-corrected chi connectivity index (χ3v) is 4.41. The predicted octanol–water partition coefficient (Wildman–Crippen LogP) is 5.22. The molecule has 0 spiro atoms. The van der Waals surface area contributed by atoms with Gasteiger partial charge < -0.3 is 10.2 Å². The monoisotopic (exact) mass is 298 g/mol. The lowest BCUT2D eigenvalue weighted by Crippen LogP contribution is -2.61. The average molecular weight is 299 g/mol. The molecule has 1 rings (SSSR count). The molecule has 1 saturated heterocycles. The smallest absolute Gasteiger partial charge is 0.0145 e. The second-order valence-corrected chi connectivity index (χ2v) is 7.85. The lowest BCUT2D eigenvalue weighted by Gasteiger charge is -2.49. The molecule has 0 atom stereocenters. The number of rotatable bonds is 7. The van der Waals surface area contributed by atoms with E-state index in [1.54, 1.807) is 0 Å². The molecule has 21 heavy (non-hydrogen) atoms. The number of nitrogens with one attached hydrogen (secondary N) is 1. The predicted molar refractivity (Wildman–Crippen MR) is 97.1 cm³/mol. The first kappa shape index (κ1) is 20.9. The molecule has 0 radical (unpaired) electrons. The Kier molecular flexibility index (Phi) is 9.80. The first-order valence-electron chi connectivity index (χ1n) is 9.25. The second kappa shape index (κ2) is 9.84. The summed E-state index contributed by atoms with van der Waals surface area (Å²) in [4.78, 5) is 2.61. The van der Waals surface area contributed by atoms with Gasteiger partial charge in [0.2, 0.25) is 0 Å². The Morgan fingerprint density at radius 2 is 1.38 bits per heavy atom. The van der Waals surface area contributed by atoms with Crippen molar-refractivity contribution in [2.24, 2.45) is 0 Å². The van der Waals surface area contributed by atoms with E-state index in [-0.39, 0.29) is 11.1 Å². The Balaban J connectivity index is 0.00000191. The van der Waals surface area contributed by atoms with Crippen molar-refractivity contribution in [3.8, 4) is 0 Å². The summed E-state index contributed by atoms with van der Waals surface area (Å²) in [6.45, 7) is 16.9. The van der Waals surface area contributed by atoms with Crippen LogP contribution in [-0.2, 0) is 0 Å². The maximum atomic E-state index is 3.77. The van der Waals surface area contributed by atoms with Crippen LogP contribution in [0.3, 0.4) is 0 Å². The maximum absolute atomic E-state index is 3.77. The molecule has 0 saturated carbocycles. The van der Waals surface area contributed by atoms with Crippen LogP contribution in [0.4, 0.5) is 0 Å². The molecular weight excluding hydrogens is 256 g/mol. The minimum Gasteiger partial charge on any atom is -0.307 e. The van der Waals surface area contributed by atoms with Gasteiger partial charge >= 0.3 is 0 Å². The molecule has 2 heteroatoms. The Morgan fingerprint density at radius 3 is 1.86 bits per heavy atom. The van der Waals surface area contributed by atoms with Crippen molar-refractivity contribution < 1.29 is 0 Å². The minimum absolute atomic E-state index is 0.267. The third kappa shape index (κ3) is 8.83. The van der Waals surface area contributed by atoms with Crippen molar-refractivity contribution in [3.05, 3.63) is 0 Å². The van der Waals surface area contributed by atoms with Crippen LogP contribution >= 0.6 is 0 Å². The first-order chi connectivity index (χ1) is 9.76. The summed E-state index contributed by atoms with van der Waals surface area (Å²) in [6, 6.07) is 0.734. The van der Waals surface area contributed by atoms with Crippen molar-refractivity contribution >= 4 is 0 Å². The summed E-state index contributed by atoms with van der Waals surface area (Å²) in [5.41, 5.74) is 0.534. The minimum atomic E-state index is 0.267. The Bertz CT molecular complexity index is 242. The van der Waals surface area contributed by atoms with Crippen LogP contribution in [0.5, 0.6) is 0 Å². The van der Waals surface area contributed by atoms with Crippen LogP contribution in [-0.4, -0.2) is 35.6 Å². The standard InChI is InChI=1S/C17H36N2.C2H6/c1-7-8-9-10-11-12-19(6)15-13-16(2,3)18-17(4,5)14-15;1-2/h15,18H,7-14H2,1-6H3;1-2H3. The molecule has 1 N–H and O–H groups in total. The fourth-order valence-electron chi connectivity index (χ4n) is 3.73. The first-order valence-corrected chi connectivity index (χ1v) is 9.25. The van der Waals surface area contributed by atoms with Gasteiger partial charge in [0.1, 0.15) is 0 Å². The van der Waals surface area contributed by atoms with E-state index in [4.69, 9.17) is 0 Å². The second-order valence-electron chi connectivity index (χ2n) is 7.85. The molecule has 128 valence electrons. The van der Waals surface area contributed by atoms with E-state index in [1.165, 1.54) is 51.5 Å². The lowest BCUT2D eigenvalue weighted by molar-refractivity contribution is 0.0806. The highest BCUT2D eigenvalue weighted by molar-refractivity contribution is 4.99. The van der Waals surface area contributed by atoms with Crippen LogP contribution in [0.15, 0.2) is 0 Å². The maximum Gasteiger partial charge on any atom is 0.0145 e. The van der Waals surface area contributed by atoms with Crippen molar-refractivity contribution in [2.45, 2.75) is 111 Å². The Morgan fingerprint density at radius 1 is 0.905 bits per heavy atom. The number of hydrogen-bond donors (Lipinski definition) is 1. The van der Waals surface area contributed by atoms with Crippen LogP contribution in [0.1, 0.15) is 93.4 Å². The summed E-state index contributed by atoms with van der Waals surface area (Å²) in [5.74, 6) is 0. The number of piperidine rings is 1. The molecule has 1 aliphatic heterocycles. The fourth-order valence-corrected chi connectivity index (χ4v) is 3.73. The highest BCUT2D eigenvalue weighted by Crippen LogP contribution is 2.31. The van der Waals surface area contributed by atoms with Gasteiger partial charge in [0, 0.05) is 17.1 Å². The number of nitrogens with zero attached hydrogens (tertiary/aromatic N) is 1. The topological polar surface area (TPSA) is 15.3 Å². The van der Waals surface area contributed by atoms with E-state index in [9.17, 15) is 0 Å². The van der Waals surface area contributed by atoms with Crippen molar-refractivity contribution in [1.29, 1.82) is 0 Å². The summed E-state index contributed by atoms with van der Waals surface area (Å²) in [6.07, 6.45) is 9.44. The van der Waals surface area contributed by atoms with Crippen LogP contribution in [0.2, 0.25) is 0 Å². The van der Waals surface area contributed by atoms with Gasteiger partial charge in [-0.05, 0) is 60.5 Å². The van der Waals surface area contributed by atoms with Gasteiger partial charge in [-0.2, -0.15) is 0 Å². The van der Waals surface area contributed by atoms with Crippen molar-refractivity contribution in [1.82, 2.24) is 10.2 Å². The molecule has 0 aromatic heterocycles. The number of hydrogen-bond acceptors (Lipinski definition) is 2. The molecule has 1 heterocycles. The van der Waals surface area contributed by atoms with E-state index >= 15 is 0 Å². The zero-order chi connectivity index (χ0) is 16.5. The van der Waals surface area contributed by atoms with Gasteiger partial charge in [-0.3, -0.25) is 0 Å². The quantitative estimate of drug-likeness (QED) is 0.648. The molecule has 2 nitrogen and oxygen atoms in total. The largest absolute Gasteiger partial charge is 0.307 e. The average Bonchev–Trinajstić information content (AvgIpc) is 2.37. The van der Waals surface area contributed by atoms with E-state index in [0.29, 0.717) is 0 Å². The molecule has 0 unspecified atom stereocenters. The normalized spacial score (nSPS) is 21.0. The Hall–Kier alpha value is -0.0800. The van der Waals surface area contributed by atoms with E-state index in [0.717, 1.165) is 6.04 Å². The lowest BCUT2D eigenvalue weighted by atomic mass is 9.79. The zero-order valence-corrected chi connectivity index (χ0v) is 16.2. The van der Waals surface area contributed by atoms with Gasteiger partial charge in [0.05, 0.1) is 0 Å². The molecule has 1 fully saturated rings. The highest BCUT2D eigenvalue weighted by Gasteiger charge is 2.38. The summed E-state index contributed by atoms with van der Waals surface area (Å²) < 4.78 is 0. The van der Waals surface area contributed by atoms with Gasteiger partial charge in [-0.1, -0.05) is 46.5 Å². The SMILES string of the molecule is CC.CCCCCCCN(C)C1CC(C)(C)NC(C)(C)C1. The van der Waals surface area contributed by atoms with E-state index in [2.05, 4.69) is 51.9 Å². The zero-order valence-electron chi connectivity index (χ0n) is 16.2. The Labute approximate surface area is 135 Å². The molecule has 1 aliphatic rings. The van der Waals surface area contributed by atoms with Gasteiger partial charge in [0.15, 0.2) is 0 Å². The molecule has 0 aromatic carbocycles. The highest BCUT2D eigenvalue weighted by atomic mass is 15.2. The molecule has 0 aliphatic carbocycles. The van der Waals surface area contributed by atoms with Gasteiger partial charge in [-0.15, -0.1) is 0 Å². The molecule has 0 bridgehead atoms. The summed E-state index contributed by atoms with van der Waals surface area (Å²) in [5, 5.41) is 3.77. The fraction of sp³-hybridized carbons (Fsp3) is 1.00. The molecular formula is C19H42N2. The molecule has 0 amide bonds. The van der Waals surface area contributed by atoms with Gasteiger partial charge in [0.25, 0.3) is 0 Å². The van der Waals surface area contributed by atoms with Crippen LogP contribution in [0, 0.1) is 0 Å².